The number of nitrogens with two attached hydrogens (primary N) is 1. The fraction of sp³-hybridized carbons (Fsp3) is 0.538. The molecule has 2 unspecified atom stereocenters. The molecule has 0 saturated heterocycles. The normalized spacial score (nSPS) is 28.1. The number of aliphatic hydroxyl groups excluding tert-OH is 1. The van der Waals surface area contributed by atoms with Crippen molar-refractivity contribution < 1.29 is 18.6 Å². The van der Waals surface area contributed by atoms with E-state index in [1.165, 1.54) is 6.07 Å². The molecule has 18 heavy (non-hydrogen) atoms. The summed E-state index contributed by atoms with van der Waals surface area (Å²) in [6.07, 6.45) is 2.55. The molecule has 0 amide bonds. The van der Waals surface area contributed by atoms with Crippen LogP contribution in [-0.2, 0) is 0 Å². The first-order valence-corrected chi connectivity index (χ1v) is 6.04. The molecule has 0 spiro atoms. The Hall–Kier alpha value is -1.20. The fourth-order valence-electron chi connectivity index (χ4n) is 2.33. The molecule has 1 aromatic rings. The Morgan fingerprint density at radius 1 is 1.44 bits per heavy atom. The maximum atomic E-state index is 13.4. The van der Waals surface area contributed by atoms with Crippen molar-refractivity contribution in [1.82, 2.24) is 0 Å². The third-order valence-corrected chi connectivity index (χ3v) is 3.34. The van der Waals surface area contributed by atoms with E-state index in [0.717, 1.165) is 31.4 Å². The second kappa shape index (κ2) is 5.20. The van der Waals surface area contributed by atoms with E-state index in [0.29, 0.717) is 6.42 Å². The third kappa shape index (κ3) is 2.97. The SMILES string of the molecule is NC1(CO)CCCC(Oc2ccc(F)cc2F)C1. The monoisotopic (exact) mass is 257 g/mol. The maximum Gasteiger partial charge on any atom is 0.167 e. The van der Waals surface area contributed by atoms with E-state index < -0.39 is 17.2 Å². The Morgan fingerprint density at radius 3 is 2.89 bits per heavy atom. The van der Waals surface area contributed by atoms with Crippen LogP contribution in [0.3, 0.4) is 0 Å². The molecule has 0 heterocycles. The molecular weight excluding hydrogens is 240 g/mol. The molecule has 5 heteroatoms. The van der Waals surface area contributed by atoms with Crippen LogP contribution in [0.25, 0.3) is 0 Å². The molecule has 3 nitrogen and oxygen atoms in total. The Kier molecular flexibility index (Phi) is 3.82. The van der Waals surface area contributed by atoms with E-state index in [1.807, 2.05) is 0 Å². The van der Waals surface area contributed by atoms with Crippen LogP contribution in [0.1, 0.15) is 25.7 Å². The van der Waals surface area contributed by atoms with Gasteiger partial charge in [0.15, 0.2) is 11.6 Å². The van der Waals surface area contributed by atoms with Gasteiger partial charge in [-0.1, -0.05) is 0 Å². The van der Waals surface area contributed by atoms with Crippen LogP contribution in [0.5, 0.6) is 5.75 Å². The van der Waals surface area contributed by atoms with Gasteiger partial charge in [0.05, 0.1) is 6.61 Å². The van der Waals surface area contributed by atoms with Gasteiger partial charge in [-0.25, -0.2) is 8.78 Å². The van der Waals surface area contributed by atoms with Gasteiger partial charge in [0.1, 0.15) is 11.9 Å². The molecule has 0 radical (unpaired) electrons. The second-order valence-electron chi connectivity index (χ2n) is 4.93. The summed E-state index contributed by atoms with van der Waals surface area (Å²) in [5.41, 5.74) is 5.33. The van der Waals surface area contributed by atoms with Crippen molar-refractivity contribution >= 4 is 0 Å². The van der Waals surface area contributed by atoms with Gasteiger partial charge >= 0.3 is 0 Å². The van der Waals surface area contributed by atoms with E-state index in [9.17, 15) is 13.9 Å². The molecule has 2 rings (SSSR count). The summed E-state index contributed by atoms with van der Waals surface area (Å²) in [5.74, 6) is -1.32. The predicted molar refractivity (Wildman–Crippen MR) is 63.2 cm³/mol. The van der Waals surface area contributed by atoms with Gasteiger partial charge < -0.3 is 15.6 Å². The zero-order valence-electron chi connectivity index (χ0n) is 10.0. The molecule has 1 aliphatic carbocycles. The van der Waals surface area contributed by atoms with Crippen LogP contribution in [0.15, 0.2) is 18.2 Å². The average Bonchev–Trinajstić information content (AvgIpc) is 2.33. The summed E-state index contributed by atoms with van der Waals surface area (Å²) in [7, 11) is 0. The summed E-state index contributed by atoms with van der Waals surface area (Å²) < 4.78 is 31.7. The second-order valence-corrected chi connectivity index (χ2v) is 4.93. The van der Waals surface area contributed by atoms with Gasteiger partial charge in [0, 0.05) is 18.0 Å². The number of halogens is 2. The Bertz CT molecular complexity index is 427. The number of hydrogen-bond donors (Lipinski definition) is 2. The van der Waals surface area contributed by atoms with Crippen molar-refractivity contribution in [3.05, 3.63) is 29.8 Å². The summed E-state index contributed by atoms with van der Waals surface area (Å²) in [6.45, 7) is -0.112. The lowest BCUT2D eigenvalue weighted by Crippen LogP contribution is -2.50. The maximum absolute atomic E-state index is 13.4. The smallest absolute Gasteiger partial charge is 0.167 e. The van der Waals surface area contributed by atoms with Crippen molar-refractivity contribution in [2.24, 2.45) is 5.73 Å². The highest BCUT2D eigenvalue weighted by Crippen LogP contribution is 2.30. The molecule has 1 aliphatic rings. The van der Waals surface area contributed by atoms with Gasteiger partial charge in [-0.15, -0.1) is 0 Å². The van der Waals surface area contributed by atoms with Gasteiger partial charge in [0.25, 0.3) is 0 Å². The van der Waals surface area contributed by atoms with E-state index in [-0.39, 0.29) is 18.5 Å². The average molecular weight is 257 g/mol. The zero-order valence-corrected chi connectivity index (χ0v) is 10.0. The molecule has 1 saturated carbocycles. The van der Waals surface area contributed by atoms with Crippen LogP contribution >= 0.6 is 0 Å². The molecule has 100 valence electrons. The highest BCUT2D eigenvalue weighted by molar-refractivity contribution is 5.25. The first-order chi connectivity index (χ1) is 8.52. The summed E-state index contributed by atoms with van der Waals surface area (Å²) in [6, 6.07) is 3.22. The lowest BCUT2D eigenvalue weighted by atomic mass is 9.81. The van der Waals surface area contributed by atoms with Crippen molar-refractivity contribution in [2.75, 3.05) is 6.61 Å². The molecule has 1 fully saturated rings. The number of hydrogen-bond acceptors (Lipinski definition) is 3. The van der Waals surface area contributed by atoms with Crippen molar-refractivity contribution in [3.63, 3.8) is 0 Å². The molecule has 1 aromatic carbocycles. The van der Waals surface area contributed by atoms with Crippen LogP contribution in [0.2, 0.25) is 0 Å². The number of rotatable bonds is 3. The highest BCUT2D eigenvalue weighted by atomic mass is 19.1. The molecular formula is C13H17F2NO2. The minimum absolute atomic E-state index is 0.0311. The van der Waals surface area contributed by atoms with Gasteiger partial charge in [0.2, 0.25) is 0 Å². The zero-order chi connectivity index (χ0) is 13.2. The fourth-order valence-corrected chi connectivity index (χ4v) is 2.33. The van der Waals surface area contributed by atoms with Gasteiger partial charge in [-0.05, 0) is 31.4 Å². The largest absolute Gasteiger partial charge is 0.487 e. The van der Waals surface area contributed by atoms with Crippen molar-refractivity contribution in [1.29, 1.82) is 0 Å². The molecule has 2 atom stereocenters. The molecule has 0 bridgehead atoms. The Morgan fingerprint density at radius 2 is 2.22 bits per heavy atom. The van der Waals surface area contributed by atoms with E-state index in [4.69, 9.17) is 10.5 Å². The van der Waals surface area contributed by atoms with Crippen molar-refractivity contribution in [2.45, 2.75) is 37.3 Å². The first kappa shape index (κ1) is 13.2. The minimum Gasteiger partial charge on any atom is -0.487 e. The standard InChI is InChI=1S/C13H17F2NO2/c14-9-3-4-12(11(15)6-9)18-10-2-1-5-13(16,7-10)8-17/h3-4,6,10,17H,1-2,5,7-8,16H2. The Balaban J connectivity index is 2.05. The van der Waals surface area contributed by atoms with E-state index >= 15 is 0 Å². The van der Waals surface area contributed by atoms with Crippen LogP contribution < -0.4 is 10.5 Å². The van der Waals surface area contributed by atoms with E-state index in [1.54, 1.807) is 0 Å². The molecule has 0 aromatic heterocycles. The summed E-state index contributed by atoms with van der Waals surface area (Å²) >= 11 is 0. The first-order valence-electron chi connectivity index (χ1n) is 6.04. The minimum atomic E-state index is -0.716. The highest BCUT2D eigenvalue weighted by Gasteiger charge is 2.33. The Labute approximate surface area is 105 Å². The number of aliphatic hydroxyl groups is 1. The summed E-state index contributed by atoms with van der Waals surface area (Å²) in [4.78, 5) is 0. The van der Waals surface area contributed by atoms with Crippen molar-refractivity contribution in [3.8, 4) is 5.75 Å². The summed E-state index contributed by atoms with van der Waals surface area (Å²) in [5, 5.41) is 9.22. The quantitative estimate of drug-likeness (QED) is 0.870. The number of ether oxygens (including phenoxy) is 1. The van der Waals surface area contributed by atoms with Crippen LogP contribution in [-0.4, -0.2) is 23.4 Å². The topological polar surface area (TPSA) is 55.5 Å². The molecule has 0 aliphatic heterocycles. The van der Waals surface area contributed by atoms with Crippen LogP contribution in [0.4, 0.5) is 8.78 Å². The van der Waals surface area contributed by atoms with Gasteiger partial charge in [-0.2, -0.15) is 0 Å². The third-order valence-electron chi connectivity index (χ3n) is 3.34. The lowest BCUT2D eigenvalue weighted by Gasteiger charge is -2.36. The lowest BCUT2D eigenvalue weighted by molar-refractivity contribution is 0.0704. The predicted octanol–water partition coefficient (Wildman–Crippen LogP) is 1.98. The molecule has 3 N–H and O–H groups in total. The van der Waals surface area contributed by atoms with Crippen LogP contribution in [0, 0.1) is 11.6 Å². The number of benzene rings is 1. The van der Waals surface area contributed by atoms with Gasteiger partial charge in [-0.3, -0.25) is 0 Å². The van der Waals surface area contributed by atoms with E-state index in [2.05, 4.69) is 0 Å².